The van der Waals surface area contributed by atoms with E-state index in [2.05, 4.69) is 35.1 Å². The van der Waals surface area contributed by atoms with Crippen LogP contribution in [0.25, 0.3) is 0 Å². The molecule has 0 aliphatic rings. The van der Waals surface area contributed by atoms with Crippen LogP contribution in [-0.2, 0) is 11.3 Å². The van der Waals surface area contributed by atoms with E-state index < -0.39 is 0 Å². The van der Waals surface area contributed by atoms with Crippen molar-refractivity contribution < 1.29 is 4.79 Å². The number of halogens is 1. The zero-order chi connectivity index (χ0) is 14.3. The summed E-state index contributed by atoms with van der Waals surface area (Å²) < 4.78 is 1.02. The summed E-state index contributed by atoms with van der Waals surface area (Å²) in [7, 11) is 0. The van der Waals surface area contributed by atoms with E-state index in [0.29, 0.717) is 25.4 Å². The quantitative estimate of drug-likeness (QED) is 0.809. The first-order valence-corrected chi connectivity index (χ1v) is 7.52. The van der Waals surface area contributed by atoms with E-state index in [0.717, 1.165) is 16.5 Å². The number of rotatable bonds is 7. The highest BCUT2D eigenvalue weighted by Crippen LogP contribution is 2.16. The lowest BCUT2D eigenvalue weighted by molar-refractivity contribution is -0.122. The van der Waals surface area contributed by atoms with Gasteiger partial charge in [-0.25, -0.2) is 0 Å². The van der Waals surface area contributed by atoms with Gasteiger partial charge in [-0.15, -0.1) is 0 Å². The van der Waals surface area contributed by atoms with Crippen LogP contribution in [0.15, 0.2) is 28.7 Å². The Morgan fingerprint density at radius 1 is 1.37 bits per heavy atom. The molecule has 3 N–H and O–H groups in total. The molecule has 0 heterocycles. The van der Waals surface area contributed by atoms with Crippen LogP contribution in [0.3, 0.4) is 0 Å². The molecule has 1 unspecified atom stereocenters. The first-order valence-electron chi connectivity index (χ1n) is 6.73. The van der Waals surface area contributed by atoms with Gasteiger partial charge in [-0.1, -0.05) is 48.0 Å². The second-order valence-electron chi connectivity index (χ2n) is 5.30. The second-order valence-corrected chi connectivity index (χ2v) is 6.16. The molecule has 0 radical (unpaired) electrons. The predicted molar refractivity (Wildman–Crippen MR) is 82.6 cm³/mol. The number of nitrogens with one attached hydrogen (secondary N) is 1. The van der Waals surface area contributed by atoms with Crippen molar-refractivity contribution in [1.82, 2.24) is 5.32 Å². The van der Waals surface area contributed by atoms with Gasteiger partial charge in [-0.3, -0.25) is 4.79 Å². The van der Waals surface area contributed by atoms with Crippen LogP contribution in [0.5, 0.6) is 0 Å². The van der Waals surface area contributed by atoms with E-state index in [4.69, 9.17) is 5.73 Å². The maximum atomic E-state index is 11.9. The van der Waals surface area contributed by atoms with E-state index in [1.807, 2.05) is 24.3 Å². The Labute approximate surface area is 124 Å². The molecule has 4 heteroatoms. The maximum absolute atomic E-state index is 11.9. The zero-order valence-electron chi connectivity index (χ0n) is 11.7. The van der Waals surface area contributed by atoms with Crippen molar-refractivity contribution in [3.63, 3.8) is 0 Å². The molecule has 3 nitrogen and oxygen atoms in total. The molecule has 0 spiro atoms. The Bertz CT molecular complexity index is 407. The molecule has 1 rings (SSSR count). The minimum atomic E-state index is 0.0758. The van der Waals surface area contributed by atoms with Gasteiger partial charge < -0.3 is 11.1 Å². The van der Waals surface area contributed by atoms with E-state index in [1.54, 1.807) is 0 Å². The van der Waals surface area contributed by atoms with Crippen molar-refractivity contribution in [2.45, 2.75) is 33.2 Å². The number of hydrogen-bond acceptors (Lipinski definition) is 2. The number of carbonyl (C=O) groups is 1. The molecule has 0 aliphatic carbocycles. The number of amides is 1. The first-order chi connectivity index (χ1) is 9.02. The van der Waals surface area contributed by atoms with Crippen molar-refractivity contribution in [1.29, 1.82) is 0 Å². The number of benzene rings is 1. The normalized spacial score (nSPS) is 12.5. The van der Waals surface area contributed by atoms with Crippen molar-refractivity contribution in [2.24, 2.45) is 17.6 Å². The number of hydrogen-bond donors (Lipinski definition) is 2. The van der Waals surface area contributed by atoms with Gasteiger partial charge in [0.15, 0.2) is 0 Å². The lowest BCUT2D eigenvalue weighted by atomic mass is 9.94. The van der Waals surface area contributed by atoms with Crippen LogP contribution in [0.2, 0.25) is 0 Å². The highest BCUT2D eigenvalue weighted by Gasteiger charge is 2.14. The van der Waals surface area contributed by atoms with E-state index in [9.17, 15) is 4.79 Å². The van der Waals surface area contributed by atoms with Crippen molar-refractivity contribution in [3.05, 3.63) is 34.3 Å². The zero-order valence-corrected chi connectivity index (χ0v) is 13.2. The monoisotopic (exact) mass is 326 g/mol. The summed E-state index contributed by atoms with van der Waals surface area (Å²) in [5.41, 5.74) is 6.80. The van der Waals surface area contributed by atoms with E-state index >= 15 is 0 Å². The van der Waals surface area contributed by atoms with Crippen LogP contribution >= 0.6 is 15.9 Å². The molecule has 0 saturated carbocycles. The van der Waals surface area contributed by atoms with Gasteiger partial charge in [0.05, 0.1) is 0 Å². The standard InChI is InChI=1S/C15H23BrN2O/c1-11(2)7-12(9-17)8-15(19)18-10-13-5-3-4-6-14(13)16/h3-6,11-12H,7-10,17H2,1-2H3,(H,18,19). The van der Waals surface area contributed by atoms with Crippen molar-refractivity contribution >= 4 is 21.8 Å². The summed E-state index contributed by atoms with van der Waals surface area (Å²) in [4.78, 5) is 11.9. The first kappa shape index (κ1) is 16.2. The fourth-order valence-electron chi connectivity index (χ4n) is 2.10. The molecule has 0 aliphatic heterocycles. The Morgan fingerprint density at radius 2 is 2.05 bits per heavy atom. The second kappa shape index (κ2) is 8.33. The Morgan fingerprint density at radius 3 is 2.63 bits per heavy atom. The fourth-order valence-corrected chi connectivity index (χ4v) is 2.52. The summed E-state index contributed by atoms with van der Waals surface area (Å²) in [6.07, 6.45) is 1.51. The van der Waals surface area contributed by atoms with Gasteiger partial charge in [0.25, 0.3) is 0 Å². The molecule has 19 heavy (non-hydrogen) atoms. The van der Waals surface area contributed by atoms with Crippen LogP contribution in [0.1, 0.15) is 32.3 Å². The Kier molecular flexibility index (Phi) is 7.10. The molecule has 0 bridgehead atoms. The Hall–Kier alpha value is -0.870. The molecular formula is C15H23BrN2O. The molecule has 1 aromatic carbocycles. The Balaban J connectivity index is 2.41. The number of carbonyl (C=O) groups excluding carboxylic acids is 1. The van der Waals surface area contributed by atoms with Crippen molar-refractivity contribution in [2.75, 3.05) is 6.54 Å². The fraction of sp³-hybridized carbons (Fsp3) is 0.533. The average molecular weight is 327 g/mol. The van der Waals surface area contributed by atoms with Gasteiger partial charge in [-0.05, 0) is 36.4 Å². The molecular weight excluding hydrogens is 304 g/mol. The van der Waals surface area contributed by atoms with E-state index in [-0.39, 0.29) is 11.8 Å². The van der Waals surface area contributed by atoms with Gasteiger partial charge >= 0.3 is 0 Å². The molecule has 0 saturated heterocycles. The third-order valence-electron chi connectivity index (χ3n) is 3.05. The third-order valence-corrected chi connectivity index (χ3v) is 3.82. The minimum absolute atomic E-state index is 0.0758. The SMILES string of the molecule is CC(C)CC(CN)CC(=O)NCc1ccccc1Br. The predicted octanol–water partition coefficient (Wildman–Crippen LogP) is 3.08. The highest BCUT2D eigenvalue weighted by molar-refractivity contribution is 9.10. The van der Waals surface area contributed by atoms with Crippen LogP contribution in [0, 0.1) is 11.8 Å². The molecule has 0 fully saturated rings. The maximum Gasteiger partial charge on any atom is 0.220 e. The van der Waals surface area contributed by atoms with Crippen molar-refractivity contribution in [3.8, 4) is 0 Å². The van der Waals surface area contributed by atoms with Gasteiger partial charge in [0, 0.05) is 17.4 Å². The largest absolute Gasteiger partial charge is 0.352 e. The topological polar surface area (TPSA) is 55.1 Å². The summed E-state index contributed by atoms with van der Waals surface area (Å²) in [5, 5.41) is 2.95. The minimum Gasteiger partial charge on any atom is -0.352 e. The highest BCUT2D eigenvalue weighted by atomic mass is 79.9. The van der Waals surface area contributed by atoms with Gasteiger partial charge in [0.1, 0.15) is 0 Å². The summed E-state index contributed by atoms with van der Waals surface area (Å²) in [5.74, 6) is 0.927. The average Bonchev–Trinajstić information content (AvgIpc) is 2.36. The lowest BCUT2D eigenvalue weighted by Gasteiger charge is -2.16. The number of nitrogens with two attached hydrogens (primary N) is 1. The molecule has 106 valence electrons. The smallest absolute Gasteiger partial charge is 0.220 e. The molecule has 1 atom stereocenters. The van der Waals surface area contributed by atoms with Crippen LogP contribution < -0.4 is 11.1 Å². The van der Waals surface area contributed by atoms with Crippen LogP contribution in [0.4, 0.5) is 0 Å². The molecule has 1 aromatic rings. The lowest BCUT2D eigenvalue weighted by Crippen LogP contribution is -2.28. The van der Waals surface area contributed by atoms with Gasteiger partial charge in [0.2, 0.25) is 5.91 Å². The summed E-state index contributed by atoms with van der Waals surface area (Å²) in [6.45, 7) is 5.43. The summed E-state index contributed by atoms with van der Waals surface area (Å²) >= 11 is 3.47. The van der Waals surface area contributed by atoms with Gasteiger partial charge in [-0.2, -0.15) is 0 Å². The molecule has 1 amide bonds. The van der Waals surface area contributed by atoms with E-state index in [1.165, 1.54) is 0 Å². The summed E-state index contributed by atoms with van der Waals surface area (Å²) in [6, 6.07) is 7.90. The third kappa shape index (κ3) is 6.21. The van der Waals surface area contributed by atoms with Crippen LogP contribution in [-0.4, -0.2) is 12.5 Å². The molecule has 0 aromatic heterocycles.